The molecule has 0 radical (unpaired) electrons. The molecule has 24 heavy (non-hydrogen) atoms. The Morgan fingerprint density at radius 1 is 0.917 bits per heavy atom. The third-order valence-electron chi connectivity index (χ3n) is 3.84. The Balaban J connectivity index is 2.18. The molecule has 4 heteroatoms. The fourth-order valence-corrected chi connectivity index (χ4v) is 2.44. The number of benzene rings is 1. The first-order valence-corrected chi connectivity index (χ1v) is 9.07. The lowest BCUT2D eigenvalue weighted by Crippen LogP contribution is -2.12. The molecule has 0 spiro atoms. The van der Waals surface area contributed by atoms with Gasteiger partial charge in [-0.2, -0.15) is 0 Å². The van der Waals surface area contributed by atoms with Gasteiger partial charge < -0.3 is 9.47 Å². The van der Waals surface area contributed by atoms with E-state index in [1.165, 1.54) is 6.42 Å². The Labute approximate surface area is 145 Å². The average molecular weight is 334 g/mol. The maximum atomic E-state index is 11.9. The van der Waals surface area contributed by atoms with Crippen LogP contribution in [0.2, 0.25) is 0 Å². The number of unbranched alkanes of at least 4 members (excludes halogenated alkanes) is 3. The van der Waals surface area contributed by atoms with Crippen molar-refractivity contribution in [1.82, 2.24) is 0 Å². The van der Waals surface area contributed by atoms with Crippen LogP contribution >= 0.6 is 0 Å². The first kappa shape index (κ1) is 20.2. The van der Waals surface area contributed by atoms with Crippen LogP contribution in [-0.2, 0) is 19.1 Å². The highest BCUT2D eigenvalue weighted by Crippen LogP contribution is 2.21. The van der Waals surface area contributed by atoms with Crippen molar-refractivity contribution in [2.45, 2.75) is 71.3 Å². The van der Waals surface area contributed by atoms with Crippen molar-refractivity contribution in [2.24, 2.45) is 0 Å². The molecule has 0 heterocycles. The van der Waals surface area contributed by atoms with Crippen molar-refractivity contribution in [3.63, 3.8) is 0 Å². The van der Waals surface area contributed by atoms with Crippen LogP contribution in [0.3, 0.4) is 0 Å². The molecule has 4 nitrogen and oxygen atoms in total. The first-order valence-electron chi connectivity index (χ1n) is 9.07. The standard InChI is InChI=1S/C20H30O4/c1-3-5-6-10-16-23-19(21)14-11-15-20(22)24-18(4-2)17-12-8-7-9-13-17/h7-9,12-13,18H,3-6,10-11,14-16H2,1-2H3. The predicted molar refractivity (Wildman–Crippen MR) is 94.5 cm³/mol. The van der Waals surface area contributed by atoms with E-state index in [2.05, 4.69) is 6.92 Å². The number of rotatable bonds is 12. The average Bonchev–Trinajstić information content (AvgIpc) is 2.60. The SMILES string of the molecule is CCCCCCOC(=O)CCCC(=O)OC(CC)c1ccccc1. The number of ether oxygens (including phenoxy) is 2. The van der Waals surface area contributed by atoms with Gasteiger partial charge in [0.1, 0.15) is 6.10 Å². The molecular weight excluding hydrogens is 304 g/mol. The Morgan fingerprint density at radius 2 is 1.62 bits per heavy atom. The van der Waals surface area contributed by atoms with Crippen LogP contribution in [0.4, 0.5) is 0 Å². The lowest BCUT2D eigenvalue weighted by molar-refractivity contribution is -0.150. The van der Waals surface area contributed by atoms with Crippen molar-refractivity contribution in [2.75, 3.05) is 6.61 Å². The van der Waals surface area contributed by atoms with Crippen LogP contribution < -0.4 is 0 Å². The zero-order valence-corrected chi connectivity index (χ0v) is 15.0. The topological polar surface area (TPSA) is 52.6 Å². The van der Waals surface area contributed by atoms with E-state index in [0.717, 1.165) is 31.2 Å². The van der Waals surface area contributed by atoms with Crippen molar-refractivity contribution in [3.05, 3.63) is 35.9 Å². The molecule has 0 N–H and O–H groups in total. The third kappa shape index (κ3) is 8.70. The molecule has 0 aliphatic carbocycles. The third-order valence-corrected chi connectivity index (χ3v) is 3.84. The van der Waals surface area contributed by atoms with Gasteiger partial charge in [-0.05, 0) is 24.8 Å². The minimum atomic E-state index is -0.263. The number of carbonyl (C=O) groups is 2. The summed E-state index contributed by atoms with van der Waals surface area (Å²) in [5.74, 6) is -0.490. The molecule has 1 aromatic carbocycles. The number of hydrogen-bond donors (Lipinski definition) is 0. The van der Waals surface area contributed by atoms with Crippen molar-refractivity contribution in [3.8, 4) is 0 Å². The highest BCUT2D eigenvalue weighted by molar-refractivity contribution is 5.72. The van der Waals surface area contributed by atoms with Crippen molar-refractivity contribution in [1.29, 1.82) is 0 Å². The summed E-state index contributed by atoms with van der Waals surface area (Å²) in [7, 11) is 0. The second kappa shape index (κ2) is 12.6. The number of carbonyl (C=O) groups excluding carboxylic acids is 2. The summed E-state index contributed by atoms with van der Waals surface area (Å²) in [6, 6.07) is 9.71. The Morgan fingerprint density at radius 3 is 2.29 bits per heavy atom. The summed E-state index contributed by atoms with van der Waals surface area (Å²) < 4.78 is 10.7. The maximum absolute atomic E-state index is 11.9. The van der Waals surface area contributed by atoms with Crippen LogP contribution in [0, 0.1) is 0 Å². The fraction of sp³-hybridized carbons (Fsp3) is 0.600. The molecule has 1 atom stereocenters. The Bertz CT molecular complexity index is 470. The van der Waals surface area contributed by atoms with Crippen LogP contribution in [-0.4, -0.2) is 18.5 Å². The van der Waals surface area contributed by atoms with Gasteiger partial charge in [0.15, 0.2) is 0 Å². The van der Waals surface area contributed by atoms with E-state index in [1.807, 2.05) is 37.3 Å². The van der Waals surface area contributed by atoms with Crippen LogP contribution in [0.15, 0.2) is 30.3 Å². The van der Waals surface area contributed by atoms with Gasteiger partial charge in [-0.25, -0.2) is 0 Å². The molecule has 0 bridgehead atoms. The summed E-state index contributed by atoms with van der Waals surface area (Å²) in [6.45, 7) is 4.61. The molecule has 1 aromatic rings. The van der Waals surface area contributed by atoms with Crippen molar-refractivity contribution >= 4 is 11.9 Å². The van der Waals surface area contributed by atoms with Gasteiger partial charge in [-0.3, -0.25) is 9.59 Å². The molecule has 0 saturated carbocycles. The summed E-state index contributed by atoms with van der Waals surface area (Å²) >= 11 is 0. The summed E-state index contributed by atoms with van der Waals surface area (Å²) in [4.78, 5) is 23.5. The second-order valence-electron chi connectivity index (χ2n) is 5.93. The largest absolute Gasteiger partial charge is 0.466 e. The van der Waals surface area contributed by atoms with Gasteiger partial charge >= 0.3 is 11.9 Å². The minimum Gasteiger partial charge on any atom is -0.466 e. The Kier molecular flexibility index (Phi) is 10.6. The van der Waals surface area contributed by atoms with E-state index in [-0.39, 0.29) is 30.9 Å². The fourth-order valence-electron chi connectivity index (χ4n) is 2.44. The van der Waals surface area contributed by atoms with E-state index in [9.17, 15) is 9.59 Å². The summed E-state index contributed by atoms with van der Waals surface area (Å²) in [5.41, 5.74) is 1.000. The molecule has 0 amide bonds. The second-order valence-corrected chi connectivity index (χ2v) is 5.93. The van der Waals surface area contributed by atoms with Crippen molar-refractivity contribution < 1.29 is 19.1 Å². The van der Waals surface area contributed by atoms with E-state index in [4.69, 9.17) is 9.47 Å². The van der Waals surface area contributed by atoms with Gasteiger partial charge in [0.2, 0.25) is 0 Å². The maximum Gasteiger partial charge on any atom is 0.306 e. The minimum absolute atomic E-state index is 0.218. The molecule has 0 saturated heterocycles. The van der Waals surface area contributed by atoms with E-state index >= 15 is 0 Å². The number of esters is 2. The van der Waals surface area contributed by atoms with Gasteiger partial charge in [-0.15, -0.1) is 0 Å². The molecule has 0 fully saturated rings. The van der Waals surface area contributed by atoms with Crippen LogP contribution in [0.1, 0.15) is 76.9 Å². The zero-order chi connectivity index (χ0) is 17.6. The lowest BCUT2D eigenvalue weighted by atomic mass is 10.1. The van der Waals surface area contributed by atoms with E-state index in [1.54, 1.807) is 0 Å². The number of hydrogen-bond acceptors (Lipinski definition) is 4. The highest BCUT2D eigenvalue weighted by Gasteiger charge is 2.15. The molecule has 1 rings (SSSR count). The monoisotopic (exact) mass is 334 g/mol. The quantitative estimate of drug-likeness (QED) is 0.400. The Hall–Kier alpha value is -1.84. The normalized spacial score (nSPS) is 11.8. The molecule has 134 valence electrons. The zero-order valence-electron chi connectivity index (χ0n) is 15.0. The molecule has 0 aliphatic rings. The van der Waals surface area contributed by atoms with Gasteiger partial charge in [-0.1, -0.05) is 63.4 Å². The highest BCUT2D eigenvalue weighted by atomic mass is 16.5. The van der Waals surface area contributed by atoms with E-state index < -0.39 is 0 Å². The first-order chi connectivity index (χ1) is 11.7. The predicted octanol–water partition coefficient (Wildman–Crippen LogP) is 4.97. The summed E-state index contributed by atoms with van der Waals surface area (Å²) in [6.07, 6.45) is 5.84. The molecule has 0 aromatic heterocycles. The van der Waals surface area contributed by atoms with Crippen LogP contribution in [0.25, 0.3) is 0 Å². The smallest absolute Gasteiger partial charge is 0.306 e. The van der Waals surface area contributed by atoms with Crippen LogP contribution in [0.5, 0.6) is 0 Å². The lowest BCUT2D eigenvalue weighted by Gasteiger charge is -2.16. The summed E-state index contributed by atoms with van der Waals surface area (Å²) in [5, 5.41) is 0. The van der Waals surface area contributed by atoms with Gasteiger partial charge in [0.05, 0.1) is 6.61 Å². The van der Waals surface area contributed by atoms with Gasteiger partial charge in [0.25, 0.3) is 0 Å². The molecule has 0 aliphatic heterocycles. The van der Waals surface area contributed by atoms with E-state index in [0.29, 0.717) is 13.0 Å². The molecule has 1 unspecified atom stereocenters. The van der Waals surface area contributed by atoms with Gasteiger partial charge in [0, 0.05) is 12.8 Å². The molecular formula is C20H30O4.